The Morgan fingerprint density at radius 3 is 1.66 bits per heavy atom. The van der Waals surface area contributed by atoms with Crippen LogP contribution in [0, 0.1) is 0 Å². The standard InChI is InChI=1S/C51H46FN5O7/c1-61-40-27-23-36(24-28-40)50(34-15-7-3-8-16-34,35-17-9-4-10-18-35)56-48-54-45-43(46(60)55-48)53-33-57(45)47-42(52)44(59)49(31-58,64-47)32-63-51(37-19-11-5-12-20-37,38-21-13-6-14-22-38)39-25-29-41(62-2)30-26-39/h3-30,33,42,44,47,58-59H,31-32H2,1-2H3,(H2,54,55,56,60)/t42-,44-,47+,49-/m0/s1. The Balaban J connectivity index is 1.12. The second kappa shape index (κ2) is 17.5. The normalized spacial score (nSPS) is 18.8. The van der Waals surface area contributed by atoms with Gasteiger partial charge in [0.25, 0.3) is 5.56 Å². The van der Waals surface area contributed by atoms with Crippen molar-refractivity contribution < 1.29 is 33.6 Å². The van der Waals surface area contributed by atoms with Crippen LogP contribution in [0.25, 0.3) is 11.2 Å². The van der Waals surface area contributed by atoms with Crippen LogP contribution in [-0.2, 0) is 20.6 Å². The Kier molecular flexibility index (Phi) is 11.6. The maximum atomic E-state index is 16.9. The Bertz CT molecular complexity index is 2790. The number of benzene rings is 6. The predicted octanol–water partition coefficient (Wildman–Crippen LogP) is 7.51. The molecule has 0 spiro atoms. The molecule has 1 aliphatic rings. The first-order chi connectivity index (χ1) is 31.3. The lowest BCUT2D eigenvalue weighted by Crippen LogP contribution is -2.51. The number of ether oxygens (including phenoxy) is 4. The second-order valence-electron chi connectivity index (χ2n) is 15.6. The number of rotatable bonds is 15. The van der Waals surface area contributed by atoms with E-state index in [9.17, 15) is 15.0 Å². The first-order valence-corrected chi connectivity index (χ1v) is 20.8. The first-order valence-electron chi connectivity index (χ1n) is 20.8. The number of alkyl halides is 1. The van der Waals surface area contributed by atoms with Gasteiger partial charge in [-0.25, -0.2) is 9.37 Å². The van der Waals surface area contributed by atoms with Crippen LogP contribution in [0.4, 0.5) is 10.3 Å². The fourth-order valence-corrected chi connectivity index (χ4v) is 8.76. The van der Waals surface area contributed by atoms with Gasteiger partial charge in [-0.05, 0) is 57.6 Å². The van der Waals surface area contributed by atoms with Crippen molar-refractivity contribution in [3.63, 3.8) is 0 Å². The van der Waals surface area contributed by atoms with E-state index >= 15 is 4.39 Å². The highest BCUT2D eigenvalue weighted by Gasteiger charge is 2.57. The number of halogens is 1. The molecule has 2 aromatic heterocycles. The summed E-state index contributed by atoms with van der Waals surface area (Å²) in [6.45, 7) is -1.29. The third-order valence-electron chi connectivity index (χ3n) is 12.1. The number of aliphatic hydroxyl groups is 2. The summed E-state index contributed by atoms with van der Waals surface area (Å²) in [5.74, 6) is 1.34. The Morgan fingerprint density at radius 1 is 0.719 bits per heavy atom. The molecule has 9 rings (SSSR count). The molecule has 1 fully saturated rings. The zero-order valence-corrected chi connectivity index (χ0v) is 35.0. The number of aromatic amines is 1. The maximum absolute atomic E-state index is 16.9. The summed E-state index contributed by atoms with van der Waals surface area (Å²) in [6, 6.07) is 53.4. The lowest BCUT2D eigenvalue weighted by molar-refractivity contribution is -0.177. The number of nitrogens with zero attached hydrogens (tertiary/aromatic N) is 3. The SMILES string of the molecule is COc1ccc(C(Nc2nc3c(ncn3[C@@H]3O[C@@](CO)(COC(c4ccccc4)(c4ccccc4)c4ccc(OC)cc4)[C@@H](O)[C@@H]3F)c(=O)[nH]2)(c2ccccc2)c2ccccc2)cc1. The van der Waals surface area contributed by atoms with Crippen molar-refractivity contribution >= 4 is 17.1 Å². The van der Waals surface area contributed by atoms with E-state index in [0.29, 0.717) is 17.1 Å². The molecule has 0 radical (unpaired) electrons. The predicted molar refractivity (Wildman–Crippen MR) is 240 cm³/mol. The average Bonchev–Trinajstić information content (AvgIpc) is 3.90. The number of aliphatic hydroxyl groups excluding tert-OH is 2. The average molecular weight is 860 g/mol. The van der Waals surface area contributed by atoms with Crippen molar-refractivity contribution in [3.8, 4) is 11.5 Å². The number of aromatic nitrogens is 4. The van der Waals surface area contributed by atoms with Gasteiger partial charge in [0.05, 0.1) is 33.8 Å². The molecule has 0 amide bonds. The van der Waals surface area contributed by atoms with E-state index in [2.05, 4.69) is 15.3 Å². The largest absolute Gasteiger partial charge is 0.497 e. The van der Waals surface area contributed by atoms with Gasteiger partial charge in [0.1, 0.15) is 34.3 Å². The summed E-state index contributed by atoms with van der Waals surface area (Å²) < 4.78 is 42.5. The molecule has 13 heteroatoms. The van der Waals surface area contributed by atoms with Gasteiger partial charge >= 0.3 is 0 Å². The monoisotopic (exact) mass is 859 g/mol. The fourth-order valence-electron chi connectivity index (χ4n) is 8.76. The van der Waals surface area contributed by atoms with Gasteiger partial charge in [0.2, 0.25) is 5.95 Å². The van der Waals surface area contributed by atoms with Gasteiger partial charge in [0, 0.05) is 0 Å². The number of imidazole rings is 1. The second-order valence-corrected chi connectivity index (χ2v) is 15.6. The minimum Gasteiger partial charge on any atom is -0.497 e. The van der Waals surface area contributed by atoms with E-state index in [0.717, 1.165) is 27.8 Å². The number of H-pyrrole nitrogens is 1. The van der Waals surface area contributed by atoms with Crippen molar-refractivity contribution in [2.45, 2.75) is 35.2 Å². The maximum Gasteiger partial charge on any atom is 0.280 e. The van der Waals surface area contributed by atoms with Crippen LogP contribution in [0.3, 0.4) is 0 Å². The molecule has 3 heterocycles. The van der Waals surface area contributed by atoms with Gasteiger partial charge in [-0.15, -0.1) is 0 Å². The van der Waals surface area contributed by atoms with Crippen molar-refractivity contribution in [2.24, 2.45) is 0 Å². The number of hydrogen-bond acceptors (Lipinski definition) is 10. The van der Waals surface area contributed by atoms with Gasteiger partial charge in [-0.1, -0.05) is 146 Å². The molecule has 0 unspecified atom stereocenters. The zero-order valence-electron chi connectivity index (χ0n) is 35.0. The van der Waals surface area contributed by atoms with Crippen LogP contribution in [-0.4, -0.2) is 75.0 Å². The van der Waals surface area contributed by atoms with Crippen molar-refractivity contribution in [3.05, 3.63) is 220 Å². The molecule has 8 aromatic rings. The van der Waals surface area contributed by atoms with Crippen LogP contribution in [0.1, 0.15) is 39.6 Å². The number of methoxy groups -OCH3 is 2. The van der Waals surface area contributed by atoms with E-state index in [1.165, 1.54) is 10.9 Å². The van der Waals surface area contributed by atoms with Crippen LogP contribution in [0.2, 0.25) is 0 Å². The van der Waals surface area contributed by atoms with Crippen molar-refractivity contribution in [2.75, 3.05) is 32.8 Å². The van der Waals surface area contributed by atoms with E-state index in [1.54, 1.807) is 14.2 Å². The summed E-state index contributed by atoms with van der Waals surface area (Å²) in [5, 5.41) is 26.5. The highest BCUT2D eigenvalue weighted by atomic mass is 19.1. The van der Waals surface area contributed by atoms with Gasteiger partial charge in [-0.2, -0.15) is 4.98 Å². The van der Waals surface area contributed by atoms with Crippen LogP contribution >= 0.6 is 0 Å². The molecular formula is C51H46FN5O7. The molecule has 4 atom stereocenters. The minimum absolute atomic E-state index is 0.0216. The fraction of sp³-hybridized carbons (Fsp3) is 0.196. The molecule has 1 saturated heterocycles. The van der Waals surface area contributed by atoms with Crippen LogP contribution < -0.4 is 20.3 Å². The number of fused-ring (bicyclic) bond motifs is 1. The number of hydrogen-bond donors (Lipinski definition) is 4. The van der Waals surface area contributed by atoms with Crippen LogP contribution in [0.15, 0.2) is 181 Å². The summed E-state index contributed by atoms with van der Waals surface area (Å²) in [6.07, 6.45) is -4.35. The van der Waals surface area contributed by atoms with E-state index in [-0.39, 0.29) is 17.1 Å². The van der Waals surface area contributed by atoms with E-state index in [1.807, 2.05) is 170 Å². The molecule has 0 bridgehead atoms. The molecule has 12 nitrogen and oxygen atoms in total. The molecule has 64 heavy (non-hydrogen) atoms. The lowest BCUT2D eigenvalue weighted by Gasteiger charge is -2.39. The Morgan fingerprint density at radius 2 is 1.17 bits per heavy atom. The van der Waals surface area contributed by atoms with Gasteiger partial charge < -0.3 is 34.5 Å². The third-order valence-corrected chi connectivity index (χ3v) is 12.1. The lowest BCUT2D eigenvalue weighted by atomic mass is 9.77. The summed E-state index contributed by atoms with van der Waals surface area (Å²) in [7, 11) is 3.18. The van der Waals surface area contributed by atoms with Gasteiger partial charge in [0.15, 0.2) is 23.6 Å². The zero-order chi connectivity index (χ0) is 44.3. The molecular weight excluding hydrogens is 814 g/mol. The molecule has 0 saturated carbocycles. The molecule has 324 valence electrons. The quantitative estimate of drug-likeness (QED) is 0.0763. The van der Waals surface area contributed by atoms with Crippen molar-refractivity contribution in [1.29, 1.82) is 0 Å². The highest BCUT2D eigenvalue weighted by Crippen LogP contribution is 2.46. The molecule has 4 N–H and O–H groups in total. The molecule has 1 aliphatic heterocycles. The Labute approximate surface area is 368 Å². The smallest absolute Gasteiger partial charge is 0.280 e. The summed E-state index contributed by atoms with van der Waals surface area (Å²) in [5.41, 5.74) is -0.499. The minimum atomic E-state index is -2.12. The summed E-state index contributed by atoms with van der Waals surface area (Å²) in [4.78, 5) is 26.0. The van der Waals surface area contributed by atoms with Crippen LogP contribution in [0.5, 0.6) is 11.5 Å². The Hall–Kier alpha value is -7.16. The van der Waals surface area contributed by atoms with E-state index in [4.69, 9.17) is 23.9 Å². The molecule has 6 aromatic carbocycles. The molecule has 0 aliphatic carbocycles. The summed E-state index contributed by atoms with van der Waals surface area (Å²) >= 11 is 0. The van der Waals surface area contributed by atoms with E-state index < -0.39 is 54.0 Å². The first kappa shape index (κ1) is 42.2. The van der Waals surface area contributed by atoms with Crippen molar-refractivity contribution in [1.82, 2.24) is 19.5 Å². The number of anilines is 1. The highest BCUT2D eigenvalue weighted by molar-refractivity contribution is 5.72. The number of nitrogens with one attached hydrogen (secondary N) is 2. The third kappa shape index (κ3) is 7.27. The topological polar surface area (TPSA) is 153 Å². The van der Waals surface area contributed by atoms with Gasteiger partial charge in [-0.3, -0.25) is 14.3 Å².